The van der Waals surface area contributed by atoms with Crippen LogP contribution in [0.1, 0.15) is 23.0 Å². The van der Waals surface area contributed by atoms with Gasteiger partial charge in [0.05, 0.1) is 11.4 Å². The van der Waals surface area contributed by atoms with Gasteiger partial charge in [-0.05, 0) is 35.7 Å². The maximum Gasteiger partial charge on any atom is 0.251 e. The summed E-state index contributed by atoms with van der Waals surface area (Å²) in [5.41, 5.74) is 1.81. The first kappa shape index (κ1) is 15.9. The monoisotopic (exact) mass is 341 g/mol. The molecule has 0 fully saturated rings. The number of hydrogen-bond acceptors (Lipinski definition) is 5. The fraction of sp³-hybridized carbons (Fsp3) is 0.118. The molecule has 0 saturated heterocycles. The van der Waals surface area contributed by atoms with E-state index in [-0.39, 0.29) is 18.4 Å². The molecule has 2 heterocycles. The summed E-state index contributed by atoms with van der Waals surface area (Å²) in [6.07, 6.45) is 0. The molecule has 2 amide bonds. The minimum atomic E-state index is -0.218. The molecule has 0 aliphatic rings. The number of nitrogens with zero attached hydrogens (tertiary/aromatic N) is 1. The van der Waals surface area contributed by atoms with Crippen molar-refractivity contribution in [2.24, 2.45) is 0 Å². The van der Waals surface area contributed by atoms with Crippen LogP contribution in [0.15, 0.2) is 52.4 Å². The van der Waals surface area contributed by atoms with Crippen LogP contribution in [0, 0.1) is 0 Å². The number of nitrogens with one attached hydrogen (secondary N) is 2. The van der Waals surface area contributed by atoms with Crippen LogP contribution >= 0.6 is 11.3 Å². The van der Waals surface area contributed by atoms with Crippen LogP contribution in [0.4, 0.5) is 5.69 Å². The third-order valence-corrected chi connectivity index (χ3v) is 4.10. The molecule has 0 spiro atoms. The lowest BCUT2D eigenvalue weighted by atomic mass is 10.2. The second-order valence-electron chi connectivity index (χ2n) is 5.10. The van der Waals surface area contributed by atoms with Gasteiger partial charge in [-0.3, -0.25) is 9.59 Å². The van der Waals surface area contributed by atoms with E-state index >= 15 is 0 Å². The lowest BCUT2D eigenvalue weighted by molar-refractivity contribution is -0.114. The zero-order valence-electron chi connectivity index (χ0n) is 12.9. The summed E-state index contributed by atoms with van der Waals surface area (Å²) < 4.78 is 5.27. The van der Waals surface area contributed by atoms with E-state index in [4.69, 9.17) is 4.52 Å². The van der Waals surface area contributed by atoms with Crippen LogP contribution in [-0.2, 0) is 11.3 Å². The number of carbonyl (C=O) groups excluding carboxylic acids is 2. The van der Waals surface area contributed by atoms with Gasteiger partial charge in [-0.15, -0.1) is 11.3 Å². The zero-order valence-corrected chi connectivity index (χ0v) is 13.7. The normalized spacial score (nSPS) is 10.4. The molecule has 1 aromatic carbocycles. The summed E-state index contributed by atoms with van der Waals surface area (Å²) in [7, 11) is 0. The standard InChI is InChI=1S/C17H15N3O3S/c1-11(21)19-13-6-4-12(5-7-13)17(22)18-10-14-9-15(23-20-14)16-3-2-8-24-16/h2-9H,10H2,1H3,(H,18,22)(H,19,21). The van der Waals surface area contributed by atoms with Crippen molar-refractivity contribution in [2.75, 3.05) is 5.32 Å². The summed E-state index contributed by atoms with van der Waals surface area (Å²) in [6.45, 7) is 1.71. The van der Waals surface area contributed by atoms with Crippen molar-refractivity contribution in [3.05, 3.63) is 59.1 Å². The van der Waals surface area contributed by atoms with E-state index in [0.717, 1.165) is 4.88 Å². The molecule has 0 unspecified atom stereocenters. The molecule has 24 heavy (non-hydrogen) atoms. The molecule has 2 N–H and O–H groups in total. The smallest absolute Gasteiger partial charge is 0.251 e. The molecule has 0 radical (unpaired) electrons. The van der Waals surface area contributed by atoms with Crippen LogP contribution in [0.5, 0.6) is 0 Å². The average molecular weight is 341 g/mol. The molecule has 7 heteroatoms. The van der Waals surface area contributed by atoms with Gasteiger partial charge in [-0.25, -0.2) is 0 Å². The van der Waals surface area contributed by atoms with Crippen LogP contribution < -0.4 is 10.6 Å². The number of amides is 2. The predicted molar refractivity (Wildman–Crippen MR) is 91.7 cm³/mol. The molecule has 0 aliphatic carbocycles. The van der Waals surface area contributed by atoms with Gasteiger partial charge < -0.3 is 15.2 Å². The molecule has 3 rings (SSSR count). The number of hydrogen-bond donors (Lipinski definition) is 2. The summed E-state index contributed by atoms with van der Waals surface area (Å²) in [5.74, 6) is 0.318. The maximum absolute atomic E-state index is 12.1. The number of aromatic nitrogens is 1. The summed E-state index contributed by atoms with van der Waals surface area (Å²) in [5, 5.41) is 11.4. The molecule has 6 nitrogen and oxygen atoms in total. The highest BCUT2D eigenvalue weighted by Crippen LogP contribution is 2.25. The quantitative estimate of drug-likeness (QED) is 0.746. The highest BCUT2D eigenvalue weighted by molar-refractivity contribution is 7.13. The number of benzene rings is 1. The van der Waals surface area contributed by atoms with E-state index in [0.29, 0.717) is 22.7 Å². The topological polar surface area (TPSA) is 84.2 Å². The Labute approximate surface area is 142 Å². The lowest BCUT2D eigenvalue weighted by Gasteiger charge is -2.05. The van der Waals surface area contributed by atoms with Crippen molar-refractivity contribution < 1.29 is 14.1 Å². The Balaban J connectivity index is 1.58. The van der Waals surface area contributed by atoms with Gasteiger partial charge in [-0.2, -0.15) is 0 Å². The van der Waals surface area contributed by atoms with E-state index in [1.807, 2.05) is 23.6 Å². The second-order valence-corrected chi connectivity index (χ2v) is 6.05. The van der Waals surface area contributed by atoms with Crippen molar-refractivity contribution >= 4 is 28.8 Å². The molecule has 2 aromatic heterocycles. The largest absolute Gasteiger partial charge is 0.355 e. The fourth-order valence-electron chi connectivity index (χ4n) is 2.11. The molecular formula is C17H15N3O3S. The zero-order chi connectivity index (χ0) is 16.9. The van der Waals surface area contributed by atoms with Crippen LogP contribution in [0.2, 0.25) is 0 Å². The lowest BCUT2D eigenvalue weighted by Crippen LogP contribution is -2.22. The Kier molecular flexibility index (Phi) is 4.72. The Morgan fingerprint density at radius 2 is 2.00 bits per heavy atom. The van der Waals surface area contributed by atoms with Crippen molar-refractivity contribution in [3.63, 3.8) is 0 Å². The average Bonchev–Trinajstić information content (AvgIpc) is 3.24. The minimum Gasteiger partial charge on any atom is -0.355 e. The van der Waals surface area contributed by atoms with Gasteiger partial charge in [0.15, 0.2) is 5.76 Å². The minimum absolute atomic E-state index is 0.153. The third kappa shape index (κ3) is 3.88. The molecule has 3 aromatic rings. The summed E-state index contributed by atoms with van der Waals surface area (Å²) in [6, 6.07) is 12.4. The van der Waals surface area contributed by atoms with Gasteiger partial charge in [0, 0.05) is 24.2 Å². The SMILES string of the molecule is CC(=O)Nc1ccc(C(=O)NCc2cc(-c3cccs3)on2)cc1. The Morgan fingerprint density at radius 3 is 2.67 bits per heavy atom. The van der Waals surface area contributed by atoms with Crippen molar-refractivity contribution in [2.45, 2.75) is 13.5 Å². The molecule has 122 valence electrons. The summed E-state index contributed by atoms with van der Waals surface area (Å²) in [4.78, 5) is 24.1. The Morgan fingerprint density at radius 1 is 1.21 bits per heavy atom. The molecule has 0 aliphatic heterocycles. The van der Waals surface area contributed by atoms with E-state index in [1.54, 1.807) is 35.6 Å². The Bertz CT molecular complexity index is 838. The third-order valence-electron chi connectivity index (χ3n) is 3.22. The van der Waals surface area contributed by atoms with Gasteiger partial charge in [0.25, 0.3) is 5.91 Å². The van der Waals surface area contributed by atoms with Crippen LogP contribution in [-0.4, -0.2) is 17.0 Å². The highest BCUT2D eigenvalue weighted by Gasteiger charge is 2.10. The summed E-state index contributed by atoms with van der Waals surface area (Å²) >= 11 is 1.57. The van der Waals surface area contributed by atoms with Crippen LogP contribution in [0.3, 0.4) is 0 Å². The van der Waals surface area contributed by atoms with Gasteiger partial charge in [-0.1, -0.05) is 11.2 Å². The van der Waals surface area contributed by atoms with E-state index in [1.165, 1.54) is 6.92 Å². The first-order chi connectivity index (χ1) is 11.6. The van der Waals surface area contributed by atoms with E-state index in [9.17, 15) is 9.59 Å². The van der Waals surface area contributed by atoms with Gasteiger partial charge in [0.2, 0.25) is 5.91 Å². The first-order valence-electron chi connectivity index (χ1n) is 7.27. The highest BCUT2D eigenvalue weighted by atomic mass is 32.1. The molecular weight excluding hydrogens is 326 g/mol. The van der Waals surface area contributed by atoms with E-state index < -0.39 is 0 Å². The van der Waals surface area contributed by atoms with Crippen molar-refractivity contribution in [3.8, 4) is 10.6 Å². The first-order valence-corrected chi connectivity index (χ1v) is 8.15. The predicted octanol–water partition coefficient (Wildman–Crippen LogP) is 3.29. The van der Waals surface area contributed by atoms with Gasteiger partial charge >= 0.3 is 0 Å². The van der Waals surface area contributed by atoms with Crippen molar-refractivity contribution in [1.82, 2.24) is 10.5 Å². The molecule has 0 bridgehead atoms. The van der Waals surface area contributed by atoms with Gasteiger partial charge in [0.1, 0.15) is 5.69 Å². The number of rotatable bonds is 5. The number of thiophene rings is 1. The molecule has 0 saturated carbocycles. The maximum atomic E-state index is 12.1. The second kappa shape index (κ2) is 7.10. The fourth-order valence-corrected chi connectivity index (χ4v) is 2.78. The van der Waals surface area contributed by atoms with Crippen LogP contribution in [0.25, 0.3) is 10.6 Å². The van der Waals surface area contributed by atoms with E-state index in [2.05, 4.69) is 15.8 Å². The van der Waals surface area contributed by atoms with Crippen molar-refractivity contribution in [1.29, 1.82) is 0 Å². The Hall–Kier alpha value is -2.93. The molecule has 0 atom stereocenters. The number of carbonyl (C=O) groups is 2. The number of anilines is 1.